The average Bonchev–Trinajstić information content (AvgIpc) is 2.67. The first kappa shape index (κ1) is 11.7. The lowest BCUT2D eigenvalue weighted by atomic mass is 10.2. The van der Waals surface area contributed by atoms with Crippen LogP contribution in [0.15, 0.2) is 23.0 Å². The third kappa shape index (κ3) is 2.50. The largest absolute Gasteiger partial charge is 0.380 e. The van der Waals surface area contributed by atoms with Gasteiger partial charge in [0.05, 0.1) is 17.1 Å². The number of hydrogen-bond donors (Lipinski definition) is 3. The fourth-order valence-electron chi connectivity index (χ4n) is 1.71. The van der Waals surface area contributed by atoms with E-state index in [1.54, 1.807) is 7.11 Å². The molecule has 0 radical (unpaired) electrons. The van der Waals surface area contributed by atoms with Crippen molar-refractivity contribution in [2.45, 2.75) is 26.0 Å². The molecule has 0 bridgehead atoms. The maximum absolute atomic E-state index is 11.1. The van der Waals surface area contributed by atoms with Crippen molar-refractivity contribution in [1.82, 2.24) is 9.97 Å². The molecule has 1 aromatic carbocycles. The predicted molar refractivity (Wildman–Crippen MR) is 68.5 cm³/mol. The number of methoxy groups -OCH3 is 1. The topological polar surface area (TPSA) is 69.9 Å². The highest BCUT2D eigenvalue weighted by Gasteiger charge is 2.10. The number of H-pyrrole nitrogens is 2. The average molecular weight is 235 g/mol. The number of fused-ring (bicyclic) bond motifs is 1. The molecule has 2 unspecified atom stereocenters. The predicted octanol–water partition coefficient (Wildman–Crippen LogP) is 1.69. The number of rotatable bonds is 4. The Bertz CT molecular complexity index is 558. The molecule has 2 aromatic rings. The molecule has 2 atom stereocenters. The second-order valence-corrected chi connectivity index (χ2v) is 4.21. The van der Waals surface area contributed by atoms with Crippen molar-refractivity contribution < 1.29 is 4.74 Å². The van der Waals surface area contributed by atoms with E-state index in [4.69, 9.17) is 4.74 Å². The highest BCUT2D eigenvalue weighted by atomic mass is 16.5. The van der Waals surface area contributed by atoms with Crippen molar-refractivity contribution in [2.24, 2.45) is 0 Å². The van der Waals surface area contributed by atoms with Gasteiger partial charge in [-0.2, -0.15) is 0 Å². The molecule has 0 amide bonds. The van der Waals surface area contributed by atoms with Crippen LogP contribution in [0.3, 0.4) is 0 Å². The second kappa shape index (κ2) is 4.63. The SMILES string of the molecule is COC(C)C(C)Nc1ccc2[nH]c(=O)[nH]c2c1. The molecule has 0 spiro atoms. The van der Waals surface area contributed by atoms with Gasteiger partial charge in [0.15, 0.2) is 0 Å². The summed E-state index contributed by atoms with van der Waals surface area (Å²) in [4.78, 5) is 16.6. The molecule has 0 saturated heterocycles. The molecular formula is C12H17N3O2. The Balaban J connectivity index is 2.21. The zero-order valence-electron chi connectivity index (χ0n) is 10.2. The summed E-state index contributed by atoms with van der Waals surface area (Å²) in [6.07, 6.45) is 0.121. The summed E-state index contributed by atoms with van der Waals surface area (Å²) in [7, 11) is 1.69. The summed E-state index contributed by atoms with van der Waals surface area (Å²) in [5, 5.41) is 3.33. The lowest BCUT2D eigenvalue weighted by molar-refractivity contribution is 0.106. The van der Waals surface area contributed by atoms with Crippen LogP contribution in [0.5, 0.6) is 0 Å². The first-order chi connectivity index (χ1) is 8.10. The smallest absolute Gasteiger partial charge is 0.323 e. The van der Waals surface area contributed by atoms with E-state index in [9.17, 15) is 4.79 Å². The monoisotopic (exact) mass is 235 g/mol. The van der Waals surface area contributed by atoms with Gasteiger partial charge in [0.25, 0.3) is 0 Å². The van der Waals surface area contributed by atoms with E-state index in [1.807, 2.05) is 25.1 Å². The number of hydrogen-bond acceptors (Lipinski definition) is 3. The molecule has 2 rings (SSSR count). The van der Waals surface area contributed by atoms with Gasteiger partial charge < -0.3 is 20.0 Å². The molecule has 3 N–H and O–H groups in total. The molecule has 92 valence electrons. The summed E-state index contributed by atoms with van der Waals surface area (Å²) in [5.74, 6) is 0. The quantitative estimate of drug-likeness (QED) is 0.755. The summed E-state index contributed by atoms with van der Waals surface area (Å²) in [6.45, 7) is 4.06. The minimum absolute atomic E-state index is 0.121. The fourth-order valence-corrected chi connectivity index (χ4v) is 1.71. The molecule has 0 aliphatic carbocycles. The standard InChI is InChI=1S/C12H17N3O2/c1-7(8(2)17-3)13-9-4-5-10-11(6-9)15-12(16)14-10/h4-8,13H,1-3H3,(H2,14,15,16). The van der Waals surface area contributed by atoms with E-state index in [-0.39, 0.29) is 17.8 Å². The number of benzene rings is 1. The Morgan fingerprint density at radius 3 is 2.65 bits per heavy atom. The Kier molecular flexibility index (Phi) is 3.19. The van der Waals surface area contributed by atoms with Crippen LogP contribution in [0, 0.1) is 0 Å². The van der Waals surface area contributed by atoms with Gasteiger partial charge >= 0.3 is 5.69 Å². The van der Waals surface area contributed by atoms with E-state index in [1.165, 1.54) is 0 Å². The first-order valence-corrected chi connectivity index (χ1v) is 5.61. The number of imidazole rings is 1. The number of ether oxygens (including phenoxy) is 1. The maximum atomic E-state index is 11.1. The van der Waals surface area contributed by atoms with E-state index in [0.29, 0.717) is 0 Å². The first-order valence-electron chi connectivity index (χ1n) is 5.61. The third-order valence-corrected chi connectivity index (χ3v) is 2.99. The van der Waals surface area contributed by atoms with Gasteiger partial charge in [-0.15, -0.1) is 0 Å². The number of anilines is 1. The molecule has 0 fully saturated rings. The van der Waals surface area contributed by atoms with Crippen LogP contribution in [-0.2, 0) is 4.74 Å². The Labute approximate surface area is 99.2 Å². The van der Waals surface area contributed by atoms with Gasteiger partial charge in [-0.05, 0) is 32.0 Å². The highest BCUT2D eigenvalue weighted by Crippen LogP contribution is 2.16. The molecule has 1 aromatic heterocycles. The molecule has 5 nitrogen and oxygen atoms in total. The molecule has 1 heterocycles. The van der Waals surface area contributed by atoms with Crippen LogP contribution < -0.4 is 11.0 Å². The zero-order valence-corrected chi connectivity index (χ0v) is 10.2. The summed E-state index contributed by atoms with van der Waals surface area (Å²) in [6, 6.07) is 5.92. The summed E-state index contributed by atoms with van der Waals surface area (Å²) < 4.78 is 5.25. The number of nitrogens with one attached hydrogen (secondary N) is 3. The van der Waals surface area contributed by atoms with E-state index in [2.05, 4.69) is 22.2 Å². The van der Waals surface area contributed by atoms with Crippen LogP contribution in [0.4, 0.5) is 5.69 Å². The van der Waals surface area contributed by atoms with Crippen molar-refractivity contribution in [3.05, 3.63) is 28.7 Å². The van der Waals surface area contributed by atoms with Gasteiger partial charge in [0, 0.05) is 18.8 Å². The van der Waals surface area contributed by atoms with Crippen molar-refractivity contribution in [2.75, 3.05) is 12.4 Å². The summed E-state index contributed by atoms with van der Waals surface area (Å²) >= 11 is 0. The van der Waals surface area contributed by atoms with Crippen molar-refractivity contribution in [3.63, 3.8) is 0 Å². The Hall–Kier alpha value is -1.75. The fraction of sp³-hybridized carbons (Fsp3) is 0.417. The lowest BCUT2D eigenvalue weighted by Gasteiger charge is -2.20. The second-order valence-electron chi connectivity index (χ2n) is 4.21. The van der Waals surface area contributed by atoms with Gasteiger partial charge in [0.2, 0.25) is 0 Å². The minimum Gasteiger partial charge on any atom is -0.380 e. The molecule has 0 aliphatic heterocycles. The van der Waals surface area contributed by atoms with Crippen molar-refractivity contribution in [3.8, 4) is 0 Å². The van der Waals surface area contributed by atoms with Gasteiger partial charge in [0.1, 0.15) is 0 Å². The van der Waals surface area contributed by atoms with Gasteiger partial charge in [-0.25, -0.2) is 4.79 Å². The van der Waals surface area contributed by atoms with E-state index < -0.39 is 0 Å². The molecule has 5 heteroatoms. The normalized spacial score (nSPS) is 14.8. The van der Waals surface area contributed by atoms with Crippen molar-refractivity contribution in [1.29, 1.82) is 0 Å². The lowest BCUT2D eigenvalue weighted by Crippen LogP contribution is -2.29. The Morgan fingerprint density at radius 1 is 1.24 bits per heavy atom. The minimum atomic E-state index is -0.185. The van der Waals surface area contributed by atoms with E-state index in [0.717, 1.165) is 16.7 Å². The zero-order chi connectivity index (χ0) is 12.4. The van der Waals surface area contributed by atoms with Crippen LogP contribution in [0.2, 0.25) is 0 Å². The Morgan fingerprint density at radius 2 is 1.94 bits per heavy atom. The number of aromatic amines is 2. The van der Waals surface area contributed by atoms with Crippen LogP contribution in [0.25, 0.3) is 11.0 Å². The van der Waals surface area contributed by atoms with E-state index >= 15 is 0 Å². The highest BCUT2D eigenvalue weighted by molar-refractivity contribution is 5.78. The molecule has 0 saturated carbocycles. The maximum Gasteiger partial charge on any atom is 0.323 e. The third-order valence-electron chi connectivity index (χ3n) is 2.99. The molecule has 17 heavy (non-hydrogen) atoms. The van der Waals surface area contributed by atoms with Crippen molar-refractivity contribution >= 4 is 16.7 Å². The molecular weight excluding hydrogens is 218 g/mol. The summed E-state index contributed by atoms with van der Waals surface area (Å²) in [5.41, 5.74) is 2.39. The number of aromatic nitrogens is 2. The van der Waals surface area contributed by atoms with Crippen LogP contribution >= 0.6 is 0 Å². The van der Waals surface area contributed by atoms with Crippen LogP contribution in [-0.4, -0.2) is 29.2 Å². The van der Waals surface area contributed by atoms with Crippen LogP contribution in [0.1, 0.15) is 13.8 Å². The van der Waals surface area contributed by atoms with Gasteiger partial charge in [-0.3, -0.25) is 0 Å². The molecule has 0 aliphatic rings. The van der Waals surface area contributed by atoms with Gasteiger partial charge in [-0.1, -0.05) is 0 Å².